The van der Waals surface area contributed by atoms with E-state index in [9.17, 15) is 16.8 Å². The van der Waals surface area contributed by atoms with Crippen LogP contribution in [0.15, 0.2) is 0 Å². The van der Waals surface area contributed by atoms with Crippen molar-refractivity contribution < 1.29 is 21.6 Å². The summed E-state index contributed by atoms with van der Waals surface area (Å²) in [5, 5.41) is 0. The summed E-state index contributed by atoms with van der Waals surface area (Å²) >= 11 is 0. The fraction of sp³-hybridized carbons (Fsp3) is 1.00. The van der Waals surface area contributed by atoms with Gasteiger partial charge in [0.05, 0.1) is 17.6 Å². The molecule has 1 rings (SSSR count). The molecule has 0 aliphatic carbocycles. The van der Waals surface area contributed by atoms with Crippen LogP contribution in [0.25, 0.3) is 0 Å². The first-order valence-electron chi connectivity index (χ1n) is 6.72. The van der Waals surface area contributed by atoms with Crippen molar-refractivity contribution in [1.82, 2.24) is 4.31 Å². The molecule has 0 spiro atoms. The van der Waals surface area contributed by atoms with Gasteiger partial charge in [-0.1, -0.05) is 0 Å². The van der Waals surface area contributed by atoms with Crippen LogP contribution in [0.3, 0.4) is 0 Å². The molecule has 1 heterocycles. The number of sulfone groups is 1. The van der Waals surface area contributed by atoms with Crippen LogP contribution in [0.4, 0.5) is 0 Å². The van der Waals surface area contributed by atoms with Crippen LogP contribution in [-0.2, 0) is 24.6 Å². The second kappa shape index (κ2) is 7.69. The van der Waals surface area contributed by atoms with Crippen LogP contribution in [0.1, 0.15) is 19.3 Å². The van der Waals surface area contributed by atoms with Crippen molar-refractivity contribution in [3.8, 4) is 0 Å². The minimum absolute atomic E-state index is 0.0721. The molecule has 0 amide bonds. The van der Waals surface area contributed by atoms with Gasteiger partial charge in [0.25, 0.3) is 0 Å². The number of nitrogens with zero attached hydrogens (tertiary/aromatic N) is 1. The summed E-state index contributed by atoms with van der Waals surface area (Å²) in [6.07, 6.45) is 3.20. The minimum Gasteiger partial charge on any atom is -0.378 e. The van der Waals surface area contributed by atoms with Gasteiger partial charge >= 0.3 is 0 Å². The highest BCUT2D eigenvalue weighted by atomic mass is 32.2. The fourth-order valence-corrected chi connectivity index (χ4v) is 5.07. The summed E-state index contributed by atoms with van der Waals surface area (Å²) in [6.45, 7) is 1.96. The summed E-state index contributed by atoms with van der Waals surface area (Å²) in [7, 11) is -6.75. The SMILES string of the molecule is CS(=O)(=O)CCS(=O)(=O)N1CCC(OCCCN)CC1. The third kappa shape index (κ3) is 6.49. The number of ether oxygens (including phenoxy) is 1. The van der Waals surface area contributed by atoms with Gasteiger partial charge in [0, 0.05) is 26.0 Å². The highest BCUT2D eigenvalue weighted by molar-refractivity contribution is 7.93. The molecule has 1 fully saturated rings. The van der Waals surface area contributed by atoms with Gasteiger partial charge in [0.1, 0.15) is 9.84 Å². The van der Waals surface area contributed by atoms with Crippen LogP contribution in [0.5, 0.6) is 0 Å². The predicted octanol–water partition coefficient (Wildman–Crippen LogP) is -0.809. The lowest BCUT2D eigenvalue weighted by Crippen LogP contribution is -2.42. The quantitative estimate of drug-likeness (QED) is 0.584. The van der Waals surface area contributed by atoms with E-state index in [2.05, 4.69) is 0 Å². The molecule has 0 aromatic carbocycles. The normalized spacial score (nSPS) is 19.3. The first-order chi connectivity index (χ1) is 9.24. The van der Waals surface area contributed by atoms with Crippen molar-refractivity contribution in [2.45, 2.75) is 25.4 Å². The average Bonchev–Trinajstić information content (AvgIpc) is 2.37. The van der Waals surface area contributed by atoms with Crippen molar-refractivity contribution in [3.63, 3.8) is 0 Å². The minimum atomic E-state index is -3.49. The van der Waals surface area contributed by atoms with Crippen LogP contribution in [0, 0.1) is 0 Å². The smallest absolute Gasteiger partial charge is 0.215 e. The summed E-state index contributed by atoms with van der Waals surface area (Å²) < 4.78 is 53.1. The Balaban J connectivity index is 2.40. The van der Waals surface area contributed by atoms with Gasteiger partial charge < -0.3 is 10.5 Å². The lowest BCUT2D eigenvalue weighted by atomic mass is 10.1. The summed E-state index contributed by atoms with van der Waals surface area (Å²) in [6, 6.07) is 0. The van der Waals surface area contributed by atoms with E-state index in [1.54, 1.807) is 0 Å². The Bertz CT molecular complexity index is 481. The molecule has 1 saturated heterocycles. The third-order valence-corrected chi connectivity index (χ3v) is 6.28. The van der Waals surface area contributed by atoms with Crippen molar-refractivity contribution >= 4 is 19.9 Å². The van der Waals surface area contributed by atoms with Crippen molar-refractivity contribution in [2.75, 3.05) is 44.0 Å². The number of hydrogen-bond donors (Lipinski definition) is 1. The van der Waals surface area contributed by atoms with Gasteiger partial charge in [0.15, 0.2) is 0 Å². The van der Waals surface area contributed by atoms with E-state index >= 15 is 0 Å². The molecule has 20 heavy (non-hydrogen) atoms. The number of piperidine rings is 1. The van der Waals surface area contributed by atoms with Crippen LogP contribution in [-0.4, -0.2) is 71.2 Å². The van der Waals surface area contributed by atoms with Gasteiger partial charge in [-0.3, -0.25) is 0 Å². The molecule has 0 radical (unpaired) electrons. The van der Waals surface area contributed by atoms with Crippen LogP contribution >= 0.6 is 0 Å². The lowest BCUT2D eigenvalue weighted by Gasteiger charge is -2.31. The summed E-state index contributed by atoms with van der Waals surface area (Å²) in [5.41, 5.74) is 5.38. The molecular formula is C11H24N2O5S2. The number of rotatable bonds is 8. The van der Waals surface area contributed by atoms with Crippen LogP contribution in [0.2, 0.25) is 0 Å². The molecule has 0 aromatic rings. The zero-order chi connectivity index (χ0) is 15.2. The van der Waals surface area contributed by atoms with E-state index in [4.69, 9.17) is 10.5 Å². The van der Waals surface area contributed by atoms with Crippen molar-refractivity contribution in [2.24, 2.45) is 5.73 Å². The first kappa shape index (κ1) is 17.8. The third-order valence-electron chi connectivity index (χ3n) is 3.21. The Morgan fingerprint density at radius 3 is 2.25 bits per heavy atom. The van der Waals surface area contributed by atoms with E-state index in [0.29, 0.717) is 39.1 Å². The average molecular weight is 328 g/mol. The molecule has 2 N–H and O–H groups in total. The Morgan fingerprint density at radius 1 is 1.15 bits per heavy atom. The summed E-state index contributed by atoms with van der Waals surface area (Å²) in [4.78, 5) is 0. The Kier molecular flexibility index (Phi) is 6.86. The molecule has 0 aromatic heterocycles. The molecule has 7 nitrogen and oxygen atoms in total. The Morgan fingerprint density at radius 2 is 1.75 bits per heavy atom. The van der Waals surface area contributed by atoms with Gasteiger partial charge in [-0.2, -0.15) is 0 Å². The fourth-order valence-electron chi connectivity index (χ4n) is 2.00. The molecule has 9 heteroatoms. The van der Waals surface area contributed by atoms with E-state index in [1.165, 1.54) is 4.31 Å². The van der Waals surface area contributed by atoms with E-state index in [0.717, 1.165) is 12.7 Å². The maximum absolute atomic E-state index is 12.0. The molecule has 0 atom stereocenters. The highest BCUT2D eigenvalue weighted by Crippen LogP contribution is 2.17. The Labute approximate surface area is 121 Å². The van der Waals surface area contributed by atoms with E-state index in [-0.39, 0.29) is 17.6 Å². The molecule has 0 saturated carbocycles. The van der Waals surface area contributed by atoms with E-state index < -0.39 is 19.9 Å². The largest absolute Gasteiger partial charge is 0.378 e. The molecule has 1 aliphatic rings. The van der Waals surface area contributed by atoms with Crippen molar-refractivity contribution in [3.05, 3.63) is 0 Å². The predicted molar refractivity (Wildman–Crippen MR) is 77.7 cm³/mol. The Hall–Kier alpha value is -0.220. The zero-order valence-corrected chi connectivity index (χ0v) is 13.5. The summed E-state index contributed by atoms with van der Waals surface area (Å²) in [5.74, 6) is -0.674. The maximum atomic E-state index is 12.0. The standard InChI is InChI=1S/C11H24N2O5S2/c1-19(14,15)9-10-20(16,17)13-6-3-11(4-7-13)18-8-2-5-12/h11H,2-10,12H2,1H3. The molecule has 120 valence electrons. The highest BCUT2D eigenvalue weighted by Gasteiger charge is 2.28. The van der Waals surface area contributed by atoms with Crippen LogP contribution < -0.4 is 5.73 Å². The second-order valence-electron chi connectivity index (χ2n) is 5.06. The molecule has 0 bridgehead atoms. The maximum Gasteiger partial charge on any atom is 0.215 e. The van der Waals surface area contributed by atoms with Gasteiger partial charge in [-0.05, 0) is 25.8 Å². The zero-order valence-electron chi connectivity index (χ0n) is 11.8. The number of hydrogen-bond acceptors (Lipinski definition) is 6. The van der Waals surface area contributed by atoms with E-state index in [1.807, 2.05) is 0 Å². The number of sulfonamides is 1. The van der Waals surface area contributed by atoms with Gasteiger partial charge in [-0.15, -0.1) is 0 Å². The number of nitrogens with two attached hydrogens (primary N) is 1. The lowest BCUT2D eigenvalue weighted by molar-refractivity contribution is 0.0209. The monoisotopic (exact) mass is 328 g/mol. The van der Waals surface area contributed by atoms with Gasteiger partial charge in [-0.25, -0.2) is 21.1 Å². The topological polar surface area (TPSA) is 107 Å². The molecule has 1 aliphatic heterocycles. The molecule has 0 unspecified atom stereocenters. The molecular weight excluding hydrogens is 304 g/mol. The van der Waals surface area contributed by atoms with Gasteiger partial charge in [0.2, 0.25) is 10.0 Å². The second-order valence-corrected chi connectivity index (χ2v) is 9.41. The first-order valence-corrected chi connectivity index (χ1v) is 10.4. The van der Waals surface area contributed by atoms with Crippen molar-refractivity contribution in [1.29, 1.82) is 0 Å².